The molecule has 0 saturated carbocycles. The van der Waals surface area contributed by atoms with Gasteiger partial charge in [0.25, 0.3) is 0 Å². The molecule has 0 radical (unpaired) electrons. The zero-order chi connectivity index (χ0) is 12.1. The molecular weight excluding hydrogens is 248 g/mol. The molecule has 98 valence electrons. The Hall–Kier alpha value is -1.32. The normalized spacial score (nSPS) is 10.1. The highest BCUT2D eigenvalue weighted by Crippen LogP contribution is 2.20. The lowest BCUT2D eigenvalue weighted by Gasteiger charge is -2.07. The quantitative estimate of drug-likeness (QED) is 0.845. The lowest BCUT2D eigenvalue weighted by Crippen LogP contribution is -1.98. The van der Waals surface area contributed by atoms with Crippen molar-refractivity contribution in [2.75, 3.05) is 6.61 Å². The van der Waals surface area contributed by atoms with Gasteiger partial charge >= 0.3 is 0 Å². The first-order valence-electron chi connectivity index (χ1n) is 6.05. The Balaban J connectivity index is 0.00000162. The highest BCUT2D eigenvalue weighted by molar-refractivity contribution is 5.85. The average Bonchev–Trinajstić information content (AvgIpc) is 2.38. The predicted octanol–water partition coefficient (Wildman–Crippen LogP) is 3.29. The Morgan fingerprint density at radius 1 is 1.28 bits per heavy atom. The molecule has 2 aromatic rings. The summed E-state index contributed by atoms with van der Waals surface area (Å²) in [6.07, 6.45) is 4.05. The minimum absolute atomic E-state index is 0. The van der Waals surface area contributed by atoms with E-state index >= 15 is 0 Å². The number of unbranched alkanes of at least 4 members (excludes halogenated alkanes) is 1. The van der Waals surface area contributed by atoms with Crippen LogP contribution in [-0.2, 0) is 6.54 Å². The van der Waals surface area contributed by atoms with E-state index in [1.54, 1.807) is 0 Å². The summed E-state index contributed by atoms with van der Waals surface area (Å²) in [7, 11) is 0. The Kier molecular flexibility index (Phi) is 5.89. The Morgan fingerprint density at radius 2 is 2.11 bits per heavy atom. The zero-order valence-corrected chi connectivity index (χ0v) is 11.4. The number of ether oxygens (including phenoxy) is 1. The van der Waals surface area contributed by atoms with Crippen LogP contribution in [-0.4, -0.2) is 11.6 Å². The van der Waals surface area contributed by atoms with Crippen molar-refractivity contribution in [1.29, 1.82) is 0 Å². The number of aromatic nitrogens is 1. The van der Waals surface area contributed by atoms with E-state index in [0.29, 0.717) is 6.54 Å². The second kappa shape index (κ2) is 7.19. The van der Waals surface area contributed by atoms with Gasteiger partial charge in [-0.3, -0.25) is 4.98 Å². The van der Waals surface area contributed by atoms with Crippen molar-refractivity contribution in [1.82, 2.24) is 4.98 Å². The van der Waals surface area contributed by atoms with Crippen molar-refractivity contribution in [3.8, 4) is 5.75 Å². The largest absolute Gasteiger partial charge is 0.494 e. The third-order valence-electron chi connectivity index (χ3n) is 2.71. The van der Waals surface area contributed by atoms with Gasteiger partial charge in [0.1, 0.15) is 5.75 Å². The van der Waals surface area contributed by atoms with Crippen molar-refractivity contribution in [2.45, 2.75) is 26.3 Å². The van der Waals surface area contributed by atoms with Crippen LogP contribution in [0.15, 0.2) is 30.5 Å². The molecule has 0 unspecified atom stereocenters. The number of hydrogen-bond donors (Lipinski definition) is 1. The molecule has 0 saturated heterocycles. The van der Waals surface area contributed by atoms with E-state index < -0.39 is 0 Å². The summed E-state index contributed by atoms with van der Waals surface area (Å²) in [5.41, 5.74) is 7.63. The molecule has 1 heterocycles. The number of pyridine rings is 1. The van der Waals surface area contributed by atoms with Gasteiger partial charge in [-0.2, -0.15) is 0 Å². The Labute approximate surface area is 114 Å². The molecule has 0 amide bonds. The van der Waals surface area contributed by atoms with Crippen LogP contribution in [0, 0.1) is 0 Å². The highest BCUT2D eigenvalue weighted by Gasteiger charge is 2.00. The topological polar surface area (TPSA) is 48.1 Å². The number of fused-ring (bicyclic) bond motifs is 1. The first kappa shape index (κ1) is 14.7. The third kappa shape index (κ3) is 3.59. The van der Waals surface area contributed by atoms with Crippen molar-refractivity contribution in [3.63, 3.8) is 0 Å². The lowest BCUT2D eigenvalue weighted by molar-refractivity contribution is 0.310. The van der Waals surface area contributed by atoms with Gasteiger partial charge in [-0.25, -0.2) is 0 Å². The van der Waals surface area contributed by atoms with E-state index in [1.807, 2.05) is 24.4 Å². The second-order valence-corrected chi connectivity index (χ2v) is 4.10. The molecule has 0 aliphatic heterocycles. The van der Waals surface area contributed by atoms with Crippen molar-refractivity contribution in [3.05, 3.63) is 36.0 Å². The van der Waals surface area contributed by atoms with Gasteiger partial charge in [-0.1, -0.05) is 13.3 Å². The summed E-state index contributed by atoms with van der Waals surface area (Å²) in [5.74, 6) is 0.905. The highest BCUT2D eigenvalue weighted by atomic mass is 35.5. The van der Waals surface area contributed by atoms with Crippen LogP contribution in [0.25, 0.3) is 10.9 Å². The summed E-state index contributed by atoms with van der Waals surface area (Å²) in [6, 6.07) is 8.04. The molecule has 3 nitrogen and oxygen atoms in total. The van der Waals surface area contributed by atoms with E-state index in [1.165, 1.54) is 0 Å². The minimum Gasteiger partial charge on any atom is -0.494 e. The standard InChI is InChI=1S/C14H18N2O.ClH/c1-2-3-6-17-13-4-5-14-12(8-13)7-11(9-15)10-16-14;/h4-5,7-8,10H,2-3,6,9,15H2,1H3;1H. The molecule has 1 aromatic heterocycles. The van der Waals surface area contributed by atoms with Gasteiger partial charge in [0.15, 0.2) is 0 Å². The maximum Gasteiger partial charge on any atom is 0.120 e. The number of halogens is 1. The number of nitrogens with zero attached hydrogens (tertiary/aromatic N) is 1. The fourth-order valence-electron chi connectivity index (χ4n) is 1.69. The fraction of sp³-hybridized carbons (Fsp3) is 0.357. The molecule has 1 aromatic carbocycles. The summed E-state index contributed by atoms with van der Waals surface area (Å²) < 4.78 is 5.67. The summed E-state index contributed by atoms with van der Waals surface area (Å²) in [5, 5.41) is 1.09. The SMILES string of the molecule is CCCCOc1ccc2ncc(CN)cc2c1.Cl. The van der Waals surface area contributed by atoms with Gasteiger partial charge in [0, 0.05) is 18.1 Å². The van der Waals surface area contributed by atoms with E-state index in [-0.39, 0.29) is 12.4 Å². The third-order valence-corrected chi connectivity index (χ3v) is 2.71. The van der Waals surface area contributed by atoms with Gasteiger partial charge in [-0.05, 0) is 36.2 Å². The van der Waals surface area contributed by atoms with Crippen LogP contribution in [0.3, 0.4) is 0 Å². The number of nitrogens with two attached hydrogens (primary N) is 1. The predicted molar refractivity (Wildman–Crippen MR) is 77.3 cm³/mol. The zero-order valence-electron chi connectivity index (χ0n) is 10.6. The van der Waals surface area contributed by atoms with Gasteiger partial charge in [0.2, 0.25) is 0 Å². The summed E-state index contributed by atoms with van der Waals surface area (Å²) >= 11 is 0. The average molecular weight is 267 g/mol. The van der Waals surface area contributed by atoms with Crippen LogP contribution < -0.4 is 10.5 Å². The van der Waals surface area contributed by atoms with E-state index in [0.717, 1.165) is 41.7 Å². The van der Waals surface area contributed by atoms with Gasteiger partial charge in [-0.15, -0.1) is 12.4 Å². The van der Waals surface area contributed by atoms with Gasteiger partial charge < -0.3 is 10.5 Å². The minimum atomic E-state index is 0. The first-order valence-corrected chi connectivity index (χ1v) is 6.05. The van der Waals surface area contributed by atoms with Crippen LogP contribution in [0.5, 0.6) is 5.75 Å². The maximum absolute atomic E-state index is 5.67. The van der Waals surface area contributed by atoms with Crippen molar-refractivity contribution >= 4 is 23.3 Å². The van der Waals surface area contributed by atoms with E-state index in [4.69, 9.17) is 10.5 Å². The monoisotopic (exact) mass is 266 g/mol. The summed E-state index contributed by atoms with van der Waals surface area (Å²) in [4.78, 5) is 4.35. The lowest BCUT2D eigenvalue weighted by atomic mass is 10.1. The second-order valence-electron chi connectivity index (χ2n) is 4.10. The Bertz CT molecular complexity index is 502. The van der Waals surface area contributed by atoms with E-state index in [2.05, 4.69) is 18.0 Å². The first-order chi connectivity index (χ1) is 8.33. The van der Waals surface area contributed by atoms with Crippen molar-refractivity contribution < 1.29 is 4.74 Å². The van der Waals surface area contributed by atoms with Crippen LogP contribution in [0.1, 0.15) is 25.3 Å². The summed E-state index contributed by atoms with van der Waals surface area (Å²) in [6.45, 7) is 3.44. The van der Waals surface area contributed by atoms with Crippen LogP contribution >= 0.6 is 12.4 Å². The smallest absolute Gasteiger partial charge is 0.120 e. The Morgan fingerprint density at radius 3 is 2.83 bits per heavy atom. The number of rotatable bonds is 5. The molecule has 2 rings (SSSR count). The van der Waals surface area contributed by atoms with Crippen LogP contribution in [0.4, 0.5) is 0 Å². The number of benzene rings is 1. The molecule has 0 fully saturated rings. The molecule has 4 heteroatoms. The number of hydrogen-bond acceptors (Lipinski definition) is 3. The molecule has 2 N–H and O–H groups in total. The van der Waals surface area contributed by atoms with Gasteiger partial charge in [0.05, 0.1) is 12.1 Å². The molecule has 0 aliphatic rings. The molecule has 0 atom stereocenters. The molecule has 0 bridgehead atoms. The molecular formula is C14H19ClN2O. The fourth-order valence-corrected chi connectivity index (χ4v) is 1.69. The maximum atomic E-state index is 5.67. The molecule has 18 heavy (non-hydrogen) atoms. The van der Waals surface area contributed by atoms with Crippen LogP contribution in [0.2, 0.25) is 0 Å². The molecule has 0 spiro atoms. The van der Waals surface area contributed by atoms with Crippen molar-refractivity contribution in [2.24, 2.45) is 5.73 Å². The molecule has 0 aliphatic carbocycles. The van der Waals surface area contributed by atoms with E-state index in [9.17, 15) is 0 Å².